The standard InChI is InChI=1S/C9H9N3O2/c1-14-9(13)6-12-5-3-2-4-8(12)11-7-10/h2-5H,6H2,1H3. The van der Waals surface area contributed by atoms with Crippen LogP contribution in [0.1, 0.15) is 0 Å². The lowest BCUT2D eigenvalue weighted by molar-refractivity contribution is -0.141. The first-order chi connectivity index (χ1) is 6.77. The first kappa shape index (κ1) is 9.99. The molecule has 0 aliphatic rings. The zero-order valence-corrected chi connectivity index (χ0v) is 7.67. The highest BCUT2D eigenvalue weighted by Crippen LogP contribution is 1.84. The van der Waals surface area contributed by atoms with Crippen molar-refractivity contribution in [3.8, 4) is 6.19 Å². The summed E-state index contributed by atoms with van der Waals surface area (Å²) in [6.07, 6.45) is 3.33. The monoisotopic (exact) mass is 191 g/mol. The van der Waals surface area contributed by atoms with Crippen molar-refractivity contribution in [2.45, 2.75) is 6.54 Å². The zero-order chi connectivity index (χ0) is 10.4. The molecule has 0 spiro atoms. The Morgan fingerprint density at radius 3 is 3.14 bits per heavy atom. The van der Waals surface area contributed by atoms with E-state index in [4.69, 9.17) is 5.26 Å². The maximum atomic E-state index is 11.0. The van der Waals surface area contributed by atoms with Crippen molar-refractivity contribution in [3.05, 3.63) is 29.9 Å². The fraction of sp³-hybridized carbons (Fsp3) is 0.222. The lowest BCUT2D eigenvalue weighted by Gasteiger charge is -2.03. The number of pyridine rings is 1. The molecule has 0 unspecified atom stereocenters. The van der Waals surface area contributed by atoms with Gasteiger partial charge < -0.3 is 9.30 Å². The minimum Gasteiger partial charge on any atom is -0.468 e. The Bertz CT molecular complexity index is 428. The van der Waals surface area contributed by atoms with Gasteiger partial charge in [0.15, 0.2) is 0 Å². The number of aromatic nitrogens is 1. The zero-order valence-electron chi connectivity index (χ0n) is 7.67. The Hall–Kier alpha value is -2.09. The highest BCUT2D eigenvalue weighted by atomic mass is 16.5. The van der Waals surface area contributed by atoms with Crippen LogP contribution in [0.4, 0.5) is 0 Å². The maximum Gasteiger partial charge on any atom is 0.325 e. The van der Waals surface area contributed by atoms with Gasteiger partial charge in [-0.3, -0.25) is 4.79 Å². The Kier molecular flexibility index (Phi) is 3.44. The third-order valence-electron chi connectivity index (χ3n) is 1.61. The van der Waals surface area contributed by atoms with Crippen LogP contribution in [0.25, 0.3) is 0 Å². The Morgan fingerprint density at radius 2 is 2.50 bits per heavy atom. The van der Waals surface area contributed by atoms with Crippen molar-refractivity contribution in [2.24, 2.45) is 4.99 Å². The summed E-state index contributed by atoms with van der Waals surface area (Å²) in [5.41, 5.74) is 0.431. The van der Waals surface area contributed by atoms with Crippen LogP contribution in [0.3, 0.4) is 0 Å². The lowest BCUT2D eigenvalue weighted by atomic mass is 10.4. The number of ether oxygens (including phenoxy) is 1. The van der Waals surface area contributed by atoms with Crippen LogP contribution in [-0.2, 0) is 16.1 Å². The average molecular weight is 191 g/mol. The van der Waals surface area contributed by atoms with Gasteiger partial charge in [0.05, 0.1) is 7.11 Å². The van der Waals surface area contributed by atoms with E-state index in [1.54, 1.807) is 30.6 Å². The maximum absolute atomic E-state index is 11.0. The quantitative estimate of drug-likeness (QED) is 0.489. The number of rotatable bonds is 2. The van der Waals surface area contributed by atoms with Gasteiger partial charge in [0.2, 0.25) is 6.19 Å². The SMILES string of the molecule is COC(=O)Cn1ccccc1=NC#N. The lowest BCUT2D eigenvalue weighted by Crippen LogP contribution is -2.24. The molecule has 0 atom stereocenters. The third kappa shape index (κ3) is 2.45. The molecule has 0 radical (unpaired) electrons. The van der Waals surface area contributed by atoms with Crippen molar-refractivity contribution >= 4 is 5.97 Å². The second-order valence-corrected chi connectivity index (χ2v) is 2.47. The van der Waals surface area contributed by atoms with E-state index in [0.29, 0.717) is 5.49 Å². The smallest absolute Gasteiger partial charge is 0.325 e. The fourth-order valence-electron chi connectivity index (χ4n) is 0.957. The molecule has 1 aromatic heterocycles. The van der Waals surface area contributed by atoms with Crippen molar-refractivity contribution in [1.29, 1.82) is 5.26 Å². The molecular formula is C9H9N3O2. The van der Waals surface area contributed by atoms with Crippen LogP contribution >= 0.6 is 0 Å². The van der Waals surface area contributed by atoms with E-state index >= 15 is 0 Å². The number of nitrogens with zero attached hydrogens (tertiary/aromatic N) is 3. The van der Waals surface area contributed by atoms with E-state index in [1.807, 2.05) is 0 Å². The van der Waals surface area contributed by atoms with Crippen LogP contribution in [0.2, 0.25) is 0 Å². The van der Waals surface area contributed by atoms with Gasteiger partial charge in [-0.05, 0) is 12.1 Å². The normalized spacial score (nSPS) is 10.7. The summed E-state index contributed by atoms with van der Waals surface area (Å²) in [5.74, 6) is -0.379. The van der Waals surface area contributed by atoms with Gasteiger partial charge in [-0.2, -0.15) is 10.3 Å². The summed E-state index contributed by atoms with van der Waals surface area (Å²) >= 11 is 0. The molecule has 5 heteroatoms. The van der Waals surface area contributed by atoms with Crippen molar-refractivity contribution in [3.63, 3.8) is 0 Å². The number of carbonyl (C=O) groups is 1. The van der Waals surface area contributed by atoms with E-state index < -0.39 is 0 Å². The van der Waals surface area contributed by atoms with Crippen LogP contribution in [0, 0.1) is 11.5 Å². The van der Waals surface area contributed by atoms with Crippen LogP contribution in [0.5, 0.6) is 0 Å². The third-order valence-corrected chi connectivity index (χ3v) is 1.61. The molecule has 0 fully saturated rings. The van der Waals surface area contributed by atoms with Crippen molar-refractivity contribution < 1.29 is 9.53 Å². The van der Waals surface area contributed by atoms with E-state index in [1.165, 1.54) is 11.7 Å². The second-order valence-electron chi connectivity index (χ2n) is 2.47. The van der Waals surface area contributed by atoms with Gasteiger partial charge in [-0.15, -0.1) is 0 Å². The van der Waals surface area contributed by atoms with Gasteiger partial charge >= 0.3 is 5.97 Å². The summed E-state index contributed by atoms with van der Waals surface area (Å²) < 4.78 is 6.04. The summed E-state index contributed by atoms with van der Waals surface area (Å²) in [7, 11) is 1.31. The average Bonchev–Trinajstić information content (AvgIpc) is 2.21. The topological polar surface area (TPSA) is 67.4 Å². The Balaban J connectivity index is 3.04. The molecular weight excluding hydrogens is 182 g/mol. The molecule has 0 bridgehead atoms. The number of carbonyl (C=O) groups excluding carboxylic acids is 1. The minimum atomic E-state index is -0.379. The summed E-state index contributed by atoms with van der Waals surface area (Å²) in [6, 6.07) is 5.13. The minimum absolute atomic E-state index is 0.0534. The second kappa shape index (κ2) is 4.82. The highest BCUT2D eigenvalue weighted by molar-refractivity contribution is 5.68. The number of esters is 1. The van der Waals surface area contributed by atoms with Gasteiger partial charge in [0, 0.05) is 6.20 Å². The molecule has 1 rings (SSSR count). The highest BCUT2D eigenvalue weighted by Gasteiger charge is 2.00. The summed E-state index contributed by atoms with van der Waals surface area (Å²) in [5, 5.41) is 8.39. The molecule has 1 heterocycles. The fourth-order valence-corrected chi connectivity index (χ4v) is 0.957. The van der Waals surface area contributed by atoms with Gasteiger partial charge in [0.25, 0.3) is 0 Å². The summed E-state index contributed by atoms with van der Waals surface area (Å²) in [4.78, 5) is 14.5. The molecule has 0 saturated carbocycles. The predicted octanol–water partition coefficient (Wildman–Crippen LogP) is 0.0429. The Labute approximate surface area is 80.9 Å². The van der Waals surface area contributed by atoms with Crippen molar-refractivity contribution in [2.75, 3.05) is 7.11 Å². The number of hydrogen-bond acceptors (Lipinski definition) is 4. The van der Waals surface area contributed by atoms with E-state index in [-0.39, 0.29) is 12.5 Å². The first-order valence-corrected chi connectivity index (χ1v) is 3.93. The molecule has 0 amide bonds. The molecule has 0 N–H and O–H groups in total. The number of nitriles is 1. The Morgan fingerprint density at radius 1 is 1.71 bits per heavy atom. The predicted molar refractivity (Wildman–Crippen MR) is 47.6 cm³/mol. The van der Waals surface area contributed by atoms with E-state index in [2.05, 4.69) is 9.73 Å². The molecule has 5 nitrogen and oxygen atoms in total. The first-order valence-electron chi connectivity index (χ1n) is 3.93. The van der Waals surface area contributed by atoms with E-state index in [9.17, 15) is 4.79 Å². The van der Waals surface area contributed by atoms with E-state index in [0.717, 1.165) is 0 Å². The summed E-state index contributed by atoms with van der Waals surface area (Å²) in [6.45, 7) is 0.0534. The van der Waals surface area contributed by atoms with Crippen molar-refractivity contribution in [1.82, 2.24) is 4.57 Å². The molecule has 14 heavy (non-hydrogen) atoms. The molecule has 0 aliphatic heterocycles. The van der Waals surface area contributed by atoms with Gasteiger partial charge in [-0.25, -0.2) is 0 Å². The van der Waals surface area contributed by atoms with Gasteiger partial charge in [-0.1, -0.05) is 6.07 Å². The van der Waals surface area contributed by atoms with Crippen LogP contribution in [-0.4, -0.2) is 17.6 Å². The largest absolute Gasteiger partial charge is 0.468 e. The molecule has 72 valence electrons. The van der Waals surface area contributed by atoms with Gasteiger partial charge in [0.1, 0.15) is 12.0 Å². The molecule has 0 aliphatic carbocycles. The van der Waals surface area contributed by atoms with Crippen LogP contribution < -0.4 is 5.49 Å². The van der Waals surface area contributed by atoms with Crippen LogP contribution in [0.15, 0.2) is 29.4 Å². The number of methoxy groups -OCH3 is 1. The number of hydrogen-bond donors (Lipinski definition) is 0. The molecule has 1 aromatic rings. The molecule has 0 aromatic carbocycles. The molecule has 0 saturated heterocycles.